The van der Waals surface area contributed by atoms with Crippen LogP contribution in [0.4, 0.5) is 0 Å². The summed E-state index contributed by atoms with van der Waals surface area (Å²) in [5.41, 5.74) is 12.6. The minimum Gasteiger partial charge on any atom is -0.309 e. The second-order valence-electron chi connectivity index (χ2n) is 15.2. The van der Waals surface area contributed by atoms with Crippen molar-refractivity contribution in [1.82, 2.24) is 14.1 Å². The standard InChI is InChI=1S/C56H32N6/c57-33-39-32-38(55-47(35-59)51(36-16-5-1-6-17-36)46(34-58)54(60-55)37-18-7-2-8-19-37)28-29-42(39)43-25-15-27-49-52(43)45-30-31-50-53(56(45)62(49)41-22-11-4-12-23-41)44-24-13-14-26-48(44)61(50)40-20-9-3-10-21-40/h1-32H. The topological polar surface area (TPSA) is 94.1 Å². The van der Waals surface area contributed by atoms with Crippen LogP contribution in [-0.4, -0.2) is 14.1 Å². The van der Waals surface area contributed by atoms with E-state index in [9.17, 15) is 15.8 Å². The maximum Gasteiger partial charge on any atom is 0.102 e. The summed E-state index contributed by atoms with van der Waals surface area (Å²) in [5, 5.41) is 36.8. The van der Waals surface area contributed by atoms with Crippen LogP contribution in [0.25, 0.3) is 99.8 Å². The van der Waals surface area contributed by atoms with Gasteiger partial charge >= 0.3 is 0 Å². The van der Waals surface area contributed by atoms with Crippen LogP contribution in [0.1, 0.15) is 16.7 Å². The molecule has 0 spiro atoms. The maximum atomic E-state index is 11.0. The molecular weight excluding hydrogens is 757 g/mol. The van der Waals surface area contributed by atoms with E-state index < -0.39 is 0 Å². The lowest BCUT2D eigenvalue weighted by Crippen LogP contribution is -2.02. The fourth-order valence-electron chi connectivity index (χ4n) is 9.26. The van der Waals surface area contributed by atoms with Gasteiger partial charge in [0.2, 0.25) is 0 Å². The fraction of sp³-hybridized carbons (Fsp3) is 0. The fourth-order valence-corrected chi connectivity index (χ4v) is 9.26. The zero-order chi connectivity index (χ0) is 41.7. The summed E-state index contributed by atoms with van der Waals surface area (Å²) in [5.74, 6) is 0. The van der Waals surface area contributed by atoms with Gasteiger partial charge < -0.3 is 9.13 Å². The van der Waals surface area contributed by atoms with Crippen LogP contribution in [0.5, 0.6) is 0 Å². The van der Waals surface area contributed by atoms with Gasteiger partial charge in [0.1, 0.15) is 12.1 Å². The molecule has 0 unspecified atom stereocenters. The Morgan fingerprint density at radius 1 is 0.387 bits per heavy atom. The highest BCUT2D eigenvalue weighted by Gasteiger charge is 2.26. The molecular formula is C56H32N6. The number of benzene rings is 8. The van der Waals surface area contributed by atoms with E-state index in [1.54, 1.807) is 0 Å². The number of pyridine rings is 1. The van der Waals surface area contributed by atoms with E-state index in [0.29, 0.717) is 33.6 Å². The number of para-hydroxylation sites is 3. The van der Waals surface area contributed by atoms with Crippen molar-refractivity contribution in [3.63, 3.8) is 0 Å². The molecule has 11 rings (SSSR count). The van der Waals surface area contributed by atoms with Crippen LogP contribution in [0.3, 0.4) is 0 Å². The van der Waals surface area contributed by atoms with Gasteiger partial charge in [-0.3, -0.25) is 0 Å². The van der Waals surface area contributed by atoms with Crippen LogP contribution in [0.2, 0.25) is 0 Å². The van der Waals surface area contributed by atoms with Crippen LogP contribution in [0, 0.1) is 34.0 Å². The second-order valence-corrected chi connectivity index (χ2v) is 15.2. The van der Waals surface area contributed by atoms with Gasteiger partial charge in [-0.2, -0.15) is 15.8 Å². The summed E-state index contributed by atoms with van der Waals surface area (Å²) in [6, 6.07) is 72.3. The van der Waals surface area contributed by atoms with Crippen molar-refractivity contribution in [2.45, 2.75) is 0 Å². The highest BCUT2D eigenvalue weighted by Crippen LogP contribution is 2.46. The molecule has 0 fully saturated rings. The molecule has 0 saturated carbocycles. The molecule has 0 amide bonds. The Hall–Kier alpha value is -9.02. The van der Waals surface area contributed by atoms with E-state index in [1.165, 1.54) is 0 Å². The first-order valence-electron chi connectivity index (χ1n) is 20.3. The average molecular weight is 789 g/mol. The summed E-state index contributed by atoms with van der Waals surface area (Å²) >= 11 is 0. The van der Waals surface area contributed by atoms with Crippen molar-refractivity contribution < 1.29 is 0 Å². The molecule has 286 valence electrons. The summed E-state index contributed by atoms with van der Waals surface area (Å²) < 4.78 is 4.69. The van der Waals surface area contributed by atoms with E-state index in [-0.39, 0.29) is 5.56 Å². The van der Waals surface area contributed by atoms with Gasteiger partial charge in [0.05, 0.1) is 56.2 Å². The first-order chi connectivity index (χ1) is 30.7. The Kier molecular flexibility index (Phi) is 8.54. The predicted octanol–water partition coefficient (Wildman–Crippen LogP) is 13.6. The summed E-state index contributed by atoms with van der Waals surface area (Å²) in [6.45, 7) is 0. The van der Waals surface area contributed by atoms with E-state index in [2.05, 4.69) is 130 Å². The molecule has 0 aliphatic heterocycles. The van der Waals surface area contributed by atoms with Gasteiger partial charge in [0.25, 0.3) is 0 Å². The molecule has 0 N–H and O–H groups in total. The monoisotopic (exact) mass is 788 g/mol. The van der Waals surface area contributed by atoms with Crippen molar-refractivity contribution in [2.24, 2.45) is 0 Å². The van der Waals surface area contributed by atoms with Crippen molar-refractivity contribution >= 4 is 43.6 Å². The minimum atomic E-state index is 0.274. The molecule has 0 radical (unpaired) electrons. The third kappa shape index (κ3) is 5.51. The minimum absolute atomic E-state index is 0.274. The lowest BCUT2D eigenvalue weighted by Gasteiger charge is -2.16. The molecule has 8 aromatic carbocycles. The quantitative estimate of drug-likeness (QED) is 0.168. The van der Waals surface area contributed by atoms with Crippen molar-refractivity contribution in [2.75, 3.05) is 0 Å². The largest absolute Gasteiger partial charge is 0.309 e. The Labute approximate surface area is 357 Å². The smallest absolute Gasteiger partial charge is 0.102 e. The van der Waals surface area contributed by atoms with Crippen LogP contribution in [-0.2, 0) is 0 Å². The number of hydrogen-bond donors (Lipinski definition) is 0. The molecule has 6 nitrogen and oxygen atoms in total. The van der Waals surface area contributed by atoms with Gasteiger partial charge in [0.15, 0.2) is 0 Å². The summed E-state index contributed by atoms with van der Waals surface area (Å²) in [6.07, 6.45) is 0. The third-order valence-electron chi connectivity index (χ3n) is 11.9. The van der Waals surface area contributed by atoms with E-state index in [0.717, 1.165) is 77.2 Å². The molecule has 3 heterocycles. The van der Waals surface area contributed by atoms with Gasteiger partial charge in [-0.1, -0.05) is 146 Å². The normalized spacial score (nSPS) is 11.2. The number of hydrogen-bond acceptors (Lipinski definition) is 4. The van der Waals surface area contributed by atoms with Gasteiger partial charge in [0, 0.05) is 55.2 Å². The first-order valence-corrected chi connectivity index (χ1v) is 20.3. The molecule has 0 atom stereocenters. The molecule has 11 aromatic rings. The number of rotatable bonds is 6. The average Bonchev–Trinajstić information content (AvgIpc) is 3.87. The Morgan fingerprint density at radius 3 is 1.61 bits per heavy atom. The van der Waals surface area contributed by atoms with Crippen molar-refractivity contribution in [3.05, 3.63) is 211 Å². The first kappa shape index (κ1) is 36.1. The highest BCUT2D eigenvalue weighted by molar-refractivity contribution is 6.28. The van der Waals surface area contributed by atoms with Crippen LogP contribution < -0.4 is 0 Å². The number of nitriles is 3. The Morgan fingerprint density at radius 2 is 0.952 bits per heavy atom. The van der Waals surface area contributed by atoms with Gasteiger partial charge in [-0.25, -0.2) is 4.98 Å². The molecule has 0 aliphatic carbocycles. The molecule has 62 heavy (non-hydrogen) atoms. The van der Waals surface area contributed by atoms with Gasteiger partial charge in [-0.15, -0.1) is 0 Å². The SMILES string of the molecule is N#Cc1cc(-c2nc(-c3ccccc3)c(C#N)c(-c3ccccc3)c2C#N)ccc1-c1cccc2c1c1ccc3c(c4ccccc4n3-c3ccccc3)c1n2-c1ccccc1. The maximum absolute atomic E-state index is 11.0. The van der Waals surface area contributed by atoms with Crippen molar-refractivity contribution in [1.29, 1.82) is 15.8 Å². The third-order valence-corrected chi connectivity index (χ3v) is 11.9. The summed E-state index contributed by atoms with van der Waals surface area (Å²) in [7, 11) is 0. The van der Waals surface area contributed by atoms with Crippen molar-refractivity contribution in [3.8, 4) is 74.4 Å². The Balaban J connectivity index is 1.19. The van der Waals surface area contributed by atoms with E-state index in [4.69, 9.17) is 4.98 Å². The lowest BCUT2D eigenvalue weighted by atomic mass is 9.88. The Bertz CT molecular complexity index is 3690. The molecule has 0 aliphatic rings. The molecule has 0 bridgehead atoms. The lowest BCUT2D eigenvalue weighted by molar-refractivity contribution is 1.17. The van der Waals surface area contributed by atoms with Crippen LogP contribution >= 0.6 is 0 Å². The van der Waals surface area contributed by atoms with Gasteiger partial charge in [-0.05, 0) is 59.7 Å². The number of aromatic nitrogens is 3. The zero-order valence-corrected chi connectivity index (χ0v) is 33.2. The highest BCUT2D eigenvalue weighted by atomic mass is 15.0. The number of nitrogens with zero attached hydrogens (tertiary/aromatic N) is 6. The molecule has 6 heteroatoms. The number of fused-ring (bicyclic) bond motifs is 7. The molecule has 0 saturated heterocycles. The zero-order valence-electron chi connectivity index (χ0n) is 33.2. The van der Waals surface area contributed by atoms with E-state index >= 15 is 0 Å². The predicted molar refractivity (Wildman–Crippen MR) is 249 cm³/mol. The van der Waals surface area contributed by atoms with Crippen LogP contribution in [0.15, 0.2) is 194 Å². The second kappa shape index (κ2) is 14.7. The summed E-state index contributed by atoms with van der Waals surface area (Å²) in [4.78, 5) is 5.06. The van der Waals surface area contributed by atoms with E-state index in [1.807, 2.05) is 91.0 Å². The molecule has 3 aromatic heterocycles.